The van der Waals surface area contributed by atoms with Crippen molar-refractivity contribution in [3.8, 4) is 0 Å². The van der Waals surface area contributed by atoms with E-state index in [4.69, 9.17) is 16.0 Å². The van der Waals surface area contributed by atoms with Crippen molar-refractivity contribution in [1.82, 2.24) is 10.6 Å². The summed E-state index contributed by atoms with van der Waals surface area (Å²) in [5.41, 5.74) is 0.842. The molecule has 0 radical (unpaired) electrons. The summed E-state index contributed by atoms with van der Waals surface area (Å²) in [6.45, 7) is 0.732. The molecule has 1 amide bonds. The predicted molar refractivity (Wildman–Crippen MR) is 107 cm³/mol. The molecule has 0 saturated carbocycles. The van der Waals surface area contributed by atoms with Crippen LogP contribution in [0.4, 0.5) is 0 Å². The monoisotopic (exact) mass is 418 g/mol. The van der Waals surface area contributed by atoms with Gasteiger partial charge in [0.05, 0.1) is 6.04 Å². The van der Waals surface area contributed by atoms with Crippen molar-refractivity contribution in [2.24, 2.45) is 0 Å². The summed E-state index contributed by atoms with van der Waals surface area (Å²) in [7, 11) is -4.04. The molecule has 2 N–H and O–H groups in total. The second kappa shape index (κ2) is 7.58. The Balaban J connectivity index is 1.75. The SMILES string of the molecule is O=C(N[C@H](c1cccc(Cl)c1)S(=O)(=O)c1cc2ccccc2o1)C1CCCN1. The molecular formula is C20H19ClN2O4S. The Bertz CT molecular complexity index is 1090. The molecule has 1 aliphatic heterocycles. The molecule has 1 saturated heterocycles. The average molecular weight is 419 g/mol. The van der Waals surface area contributed by atoms with E-state index in [0.717, 1.165) is 13.0 Å². The number of nitrogens with one attached hydrogen (secondary N) is 2. The van der Waals surface area contributed by atoms with Crippen LogP contribution in [0.5, 0.6) is 0 Å². The van der Waals surface area contributed by atoms with Crippen LogP contribution in [0.2, 0.25) is 5.02 Å². The minimum Gasteiger partial charge on any atom is -0.445 e. The molecule has 28 heavy (non-hydrogen) atoms. The maximum atomic E-state index is 13.4. The Morgan fingerprint density at radius 1 is 1.18 bits per heavy atom. The van der Waals surface area contributed by atoms with Gasteiger partial charge in [0.25, 0.3) is 0 Å². The van der Waals surface area contributed by atoms with E-state index in [1.165, 1.54) is 12.1 Å². The second-order valence-electron chi connectivity index (χ2n) is 6.74. The Labute approximate surface area is 167 Å². The maximum absolute atomic E-state index is 13.4. The minimum absolute atomic E-state index is 0.196. The van der Waals surface area contributed by atoms with E-state index in [1.54, 1.807) is 42.5 Å². The van der Waals surface area contributed by atoms with Gasteiger partial charge in [-0.15, -0.1) is 0 Å². The fraction of sp³-hybridized carbons (Fsp3) is 0.250. The van der Waals surface area contributed by atoms with Crippen LogP contribution in [0, 0.1) is 0 Å². The zero-order valence-electron chi connectivity index (χ0n) is 14.9. The van der Waals surface area contributed by atoms with Gasteiger partial charge in [-0.2, -0.15) is 0 Å². The summed E-state index contributed by atoms with van der Waals surface area (Å²) in [4.78, 5) is 12.7. The third kappa shape index (κ3) is 3.65. The number of halogens is 1. The Morgan fingerprint density at radius 2 is 2.00 bits per heavy atom. The van der Waals surface area contributed by atoms with Crippen LogP contribution < -0.4 is 10.6 Å². The number of carbonyl (C=O) groups is 1. The number of amides is 1. The van der Waals surface area contributed by atoms with Crippen molar-refractivity contribution in [2.45, 2.75) is 29.3 Å². The van der Waals surface area contributed by atoms with Gasteiger partial charge < -0.3 is 15.1 Å². The smallest absolute Gasteiger partial charge is 0.238 e. The van der Waals surface area contributed by atoms with Crippen molar-refractivity contribution < 1.29 is 17.6 Å². The predicted octanol–water partition coefficient (Wildman–Crippen LogP) is 3.43. The maximum Gasteiger partial charge on any atom is 0.238 e. The van der Waals surface area contributed by atoms with Gasteiger partial charge in [-0.05, 0) is 43.1 Å². The van der Waals surface area contributed by atoms with Crippen LogP contribution in [0.1, 0.15) is 23.8 Å². The highest BCUT2D eigenvalue weighted by Gasteiger charge is 2.35. The molecule has 0 aliphatic carbocycles. The number of furan rings is 1. The number of hydrogen-bond donors (Lipinski definition) is 2. The number of hydrogen-bond acceptors (Lipinski definition) is 5. The summed E-state index contributed by atoms with van der Waals surface area (Å²) in [5, 5.41) is 5.32. The first-order chi connectivity index (χ1) is 13.4. The lowest BCUT2D eigenvalue weighted by molar-refractivity contribution is -0.123. The van der Waals surface area contributed by atoms with E-state index in [2.05, 4.69) is 10.6 Å². The Hall–Kier alpha value is -2.35. The van der Waals surface area contributed by atoms with Gasteiger partial charge in [0, 0.05) is 16.5 Å². The first-order valence-corrected chi connectivity index (χ1v) is 10.9. The summed E-state index contributed by atoms with van der Waals surface area (Å²) >= 11 is 6.07. The molecule has 0 spiro atoms. The molecule has 4 rings (SSSR count). The van der Waals surface area contributed by atoms with Crippen LogP contribution in [-0.2, 0) is 14.6 Å². The topological polar surface area (TPSA) is 88.4 Å². The van der Waals surface area contributed by atoms with Crippen molar-refractivity contribution in [2.75, 3.05) is 6.54 Å². The highest BCUT2D eigenvalue weighted by molar-refractivity contribution is 7.91. The lowest BCUT2D eigenvalue weighted by Gasteiger charge is -2.21. The van der Waals surface area contributed by atoms with E-state index in [9.17, 15) is 13.2 Å². The fourth-order valence-corrected chi connectivity index (χ4v) is 5.07. The number of rotatable bonds is 5. The van der Waals surface area contributed by atoms with Crippen LogP contribution in [0.15, 0.2) is 64.1 Å². The molecule has 6 nitrogen and oxygen atoms in total. The Morgan fingerprint density at radius 3 is 2.71 bits per heavy atom. The first-order valence-electron chi connectivity index (χ1n) is 8.97. The number of sulfone groups is 1. The molecule has 146 valence electrons. The number of para-hydroxylation sites is 1. The molecule has 3 aromatic rings. The highest BCUT2D eigenvalue weighted by Crippen LogP contribution is 2.32. The lowest BCUT2D eigenvalue weighted by atomic mass is 10.2. The van der Waals surface area contributed by atoms with Crippen LogP contribution in [0.25, 0.3) is 11.0 Å². The average Bonchev–Trinajstić information content (AvgIpc) is 3.35. The number of carbonyl (C=O) groups excluding carboxylic acids is 1. The summed E-state index contributed by atoms with van der Waals surface area (Å²) in [5.74, 6) is -0.359. The van der Waals surface area contributed by atoms with Crippen LogP contribution in [0.3, 0.4) is 0 Å². The van der Waals surface area contributed by atoms with Gasteiger partial charge in [0.15, 0.2) is 5.37 Å². The first kappa shape index (κ1) is 19.0. The van der Waals surface area contributed by atoms with Gasteiger partial charge in [-0.25, -0.2) is 8.42 Å². The van der Waals surface area contributed by atoms with Crippen LogP contribution in [-0.4, -0.2) is 26.9 Å². The second-order valence-corrected chi connectivity index (χ2v) is 9.14. The van der Waals surface area contributed by atoms with E-state index >= 15 is 0 Å². The molecule has 1 aromatic heterocycles. The summed E-state index contributed by atoms with van der Waals surface area (Å²) < 4.78 is 32.4. The number of fused-ring (bicyclic) bond motifs is 1. The van der Waals surface area contributed by atoms with Gasteiger partial charge in [-0.3, -0.25) is 4.79 Å². The quantitative estimate of drug-likeness (QED) is 0.662. The summed E-state index contributed by atoms with van der Waals surface area (Å²) in [6.07, 6.45) is 1.54. The van der Waals surface area contributed by atoms with Crippen molar-refractivity contribution in [3.05, 3.63) is 65.2 Å². The summed E-state index contributed by atoms with van der Waals surface area (Å²) in [6, 6.07) is 14.6. The highest BCUT2D eigenvalue weighted by atomic mass is 35.5. The largest absolute Gasteiger partial charge is 0.445 e. The fourth-order valence-electron chi connectivity index (χ4n) is 3.36. The van der Waals surface area contributed by atoms with E-state index in [-0.39, 0.29) is 11.0 Å². The lowest BCUT2D eigenvalue weighted by Crippen LogP contribution is -2.44. The van der Waals surface area contributed by atoms with Crippen molar-refractivity contribution >= 4 is 38.3 Å². The van der Waals surface area contributed by atoms with E-state index in [0.29, 0.717) is 28.0 Å². The van der Waals surface area contributed by atoms with E-state index < -0.39 is 21.3 Å². The van der Waals surface area contributed by atoms with Gasteiger partial charge in [-0.1, -0.05) is 41.9 Å². The third-order valence-electron chi connectivity index (χ3n) is 4.80. The third-order valence-corrected chi connectivity index (χ3v) is 6.80. The molecule has 8 heteroatoms. The van der Waals surface area contributed by atoms with E-state index in [1.807, 2.05) is 0 Å². The molecule has 0 bridgehead atoms. The van der Waals surface area contributed by atoms with Crippen molar-refractivity contribution in [3.63, 3.8) is 0 Å². The molecule has 1 fully saturated rings. The van der Waals surface area contributed by atoms with Gasteiger partial charge >= 0.3 is 0 Å². The molecule has 1 aliphatic rings. The normalized spacial score (nSPS) is 18.2. The van der Waals surface area contributed by atoms with Gasteiger partial charge in [0.1, 0.15) is 5.58 Å². The zero-order chi connectivity index (χ0) is 19.7. The molecule has 2 atom stereocenters. The zero-order valence-corrected chi connectivity index (χ0v) is 16.5. The van der Waals surface area contributed by atoms with Crippen LogP contribution >= 0.6 is 11.6 Å². The molecule has 2 aromatic carbocycles. The molecule has 2 heterocycles. The minimum atomic E-state index is -4.04. The molecule has 1 unspecified atom stereocenters. The standard InChI is InChI=1S/C20H19ClN2O4S/c21-15-7-3-6-14(11-15)20(23-19(24)16-8-4-10-22-16)28(25,26)18-12-13-5-1-2-9-17(13)27-18/h1-3,5-7,9,11-12,16,20,22H,4,8,10H2,(H,23,24)/t16?,20-/m0/s1. The number of benzene rings is 2. The molecular weight excluding hydrogens is 400 g/mol. The van der Waals surface area contributed by atoms with Crippen molar-refractivity contribution in [1.29, 1.82) is 0 Å². The Kier molecular flexibility index (Phi) is 5.14. The van der Waals surface area contributed by atoms with Gasteiger partial charge in [0.2, 0.25) is 20.8 Å².